The van der Waals surface area contributed by atoms with Crippen molar-refractivity contribution in [1.29, 1.82) is 5.26 Å². The molecule has 0 aliphatic heterocycles. The van der Waals surface area contributed by atoms with E-state index in [9.17, 15) is 9.59 Å². The van der Waals surface area contributed by atoms with Crippen molar-refractivity contribution in [2.75, 3.05) is 18.1 Å². The topological polar surface area (TPSA) is 70.4 Å². The molecule has 20 heavy (non-hydrogen) atoms. The van der Waals surface area contributed by atoms with Gasteiger partial charge < -0.3 is 4.74 Å². The van der Waals surface area contributed by atoms with Gasteiger partial charge in [-0.3, -0.25) is 14.5 Å². The van der Waals surface area contributed by atoms with Crippen molar-refractivity contribution >= 4 is 33.5 Å². The van der Waals surface area contributed by atoms with E-state index in [-0.39, 0.29) is 25.3 Å². The van der Waals surface area contributed by atoms with Crippen molar-refractivity contribution < 1.29 is 14.3 Å². The number of ether oxygens (including phenoxy) is 1. The number of carbonyl (C=O) groups is 2. The fourth-order valence-electron chi connectivity index (χ4n) is 1.63. The second-order valence-corrected chi connectivity index (χ2v) is 4.75. The first-order valence-electron chi connectivity index (χ1n) is 6.17. The Hall–Kier alpha value is -1.87. The molecule has 5 nitrogen and oxygen atoms in total. The highest BCUT2D eigenvalue weighted by Crippen LogP contribution is 2.26. The lowest BCUT2D eigenvalue weighted by atomic mass is 10.2. The van der Waals surface area contributed by atoms with Crippen LogP contribution in [-0.2, 0) is 14.3 Å². The molecule has 0 atom stereocenters. The lowest BCUT2D eigenvalue weighted by Crippen LogP contribution is -2.31. The number of amides is 1. The molecule has 6 heteroatoms. The van der Waals surface area contributed by atoms with Crippen LogP contribution in [0.3, 0.4) is 0 Å². The first kappa shape index (κ1) is 16.2. The lowest BCUT2D eigenvalue weighted by molar-refractivity contribution is -0.144. The minimum Gasteiger partial charge on any atom is -0.466 e. The number of anilines is 1. The number of nitrogens with zero attached hydrogens (tertiary/aromatic N) is 2. The number of carbonyl (C=O) groups excluding carboxylic acids is 2. The third kappa shape index (κ3) is 4.67. The van der Waals surface area contributed by atoms with E-state index < -0.39 is 5.97 Å². The van der Waals surface area contributed by atoms with Crippen LogP contribution >= 0.6 is 15.9 Å². The molecule has 0 saturated carbocycles. The summed E-state index contributed by atoms with van der Waals surface area (Å²) >= 11 is 3.35. The average molecular weight is 339 g/mol. The number of halogens is 1. The van der Waals surface area contributed by atoms with Crippen LogP contribution < -0.4 is 4.90 Å². The average Bonchev–Trinajstić information content (AvgIpc) is 2.43. The van der Waals surface area contributed by atoms with Gasteiger partial charge >= 0.3 is 5.97 Å². The minimum atomic E-state index is -0.412. The summed E-state index contributed by atoms with van der Waals surface area (Å²) in [7, 11) is 0. The second-order valence-electron chi connectivity index (χ2n) is 3.89. The van der Waals surface area contributed by atoms with Gasteiger partial charge in [-0.05, 0) is 35.0 Å². The van der Waals surface area contributed by atoms with Crippen molar-refractivity contribution in [3.05, 3.63) is 28.7 Å². The van der Waals surface area contributed by atoms with Gasteiger partial charge in [0.15, 0.2) is 0 Å². The highest BCUT2D eigenvalue weighted by Gasteiger charge is 2.18. The Morgan fingerprint density at radius 3 is 2.65 bits per heavy atom. The molecule has 0 bridgehead atoms. The zero-order valence-electron chi connectivity index (χ0n) is 11.1. The molecule has 0 saturated heterocycles. The summed E-state index contributed by atoms with van der Waals surface area (Å²) in [5.74, 6) is -0.698. The third-order valence-corrected chi connectivity index (χ3v) is 3.19. The highest BCUT2D eigenvalue weighted by molar-refractivity contribution is 9.10. The zero-order chi connectivity index (χ0) is 15.0. The second kappa shape index (κ2) is 8.33. The summed E-state index contributed by atoms with van der Waals surface area (Å²) in [6.07, 6.45) is 0.0287. The fourth-order valence-corrected chi connectivity index (χ4v) is 2.12. The SMILES string of the molecule is CCOC(=O)CCC(=O)N(CC#N)c1ccccc1Br. The number of hydrogen-bond donors (Lipinski definition) is 0. The Bertz CT molecular complexity index is 525. The first-order valence-corrected chi connectivity index (χ1v) is 6.97. The van der Waals surface area contributed by atoms with Crippen molar-refractivity contribution in [2.24, 2.45) is 0 Å². The number of nitriles is 1. The number of esters is 1. The van der Waals surface area contributed by atoms with Crippen LogP contribution in [0.5, 0.6) is 0 Å². The Morgan fingerprint density at radius 2 is 2.05 bits per heavy atom. The van der Waals surface area contributed by atoms with E-state index in [1.807, 2.05) is 12.1 Å². The van der Waals surface area contributed by atoms with Crippen LogP contribution in [0.25, 0.3) is 0 Å². The normalized spacial score (nSPS) is 9.65. The van der Waals surface area contributed by atoms with Gasteiger partial charge in [-0.25, -0.2) is 0 Å². The molecular formula is C14H15BrN2O3. The van der Waals surface area contributed by atoms with Gasteiger partial charge in [-0.1, -0.05) is 12.1 Å². The summed E-state index contributed by atoms with van der Waals surface area (Å²) in [6, 6.07) is 9.09. The summed E-state index contributed by atoms with van der Waals surface area (Å²) in [6.45, 7) is 1.94. The van der Waals surface area contributed by atoms with Crippen LogP contribution in [0.4, 0.5) is 5.69 Å². The monoisotopic (exact) mass is 338 g/mol. The summed E-state index contributed by atoms with van der Waals surface area (Å²) in [4.78, 5) is 24.8. The first-order chi connectivity index (χ1) is 9.60. The molecule has 1 amide bonds. The molecule has 1 rings (SSSR count). The molecule has 0 heterocycles. The van der Waals surface area contributed by atoms with Crippen molar-refractivity contribution in [2.45, 2.75) is 19.8 Å². The minimum absolute atomic E-state index is 0.0130. The highest BCUT2D eigenvalue weighted by atomic mass is 79.9. The van der Waals surface area contributed by atoms with Crippen LogP contribution in [0.15, 0.2) is 28.7 Å². The van der Waals surface area contributed by atoms with Crippen LogP contribution in [0.1, 0.15) is 19.8 Å². The smallest absolute Gasteiger partial charge is 0.306 e. The maximum absolute atomic E-state index is 12.1. The molecule has 106 valence electrons. The molecule has 0 unspecified atom stereocenters. The lowest BCUT2D eigenvalue weighted by Gasteiger charge is -2.20. The van der Waals surface area contributed by atoms with Crippen LogP contribution in [-0.4, -0.2) is 25.0 Å². The molecule has 0 aliphatic carbocycles. The molecule has 0 aromatic heterocycles. The van der Waals surface area contributed by atoms with Gasteiger partial charge in [-0.2, -0.15) is 5.26 Å². The summed E-state index contributed by atoms with van der Waals surface area (Å²) in [5.41, 5.74) is 0.614. The molecule has 1 aromatic carbocycles. The van der Waals surface area contributed by atoms with E-state index in [1.54, 1.807) is 25.1 Å². The molecular weight excluding hydrogens is 324 g/mol. The van der Waals surface area contributed by atoms with Crippen molar-refractivity contribution in [3.63, 3.8) is 0 Å². The van der Waals surface area contributed by atoms with Gasteiger partial charge in [0.1, 0.15) is 6.54 Å². The summed E-state index contributed by atoms with van der Waals surface area (Å²) < 4.78 is 5.50. The van der Waals surface area contributed by atoms with Gasteiger partial charge in [0.05, 0.1) is 24.8 Å². The van der Waals surface area contributed by atoms with Crippen LogP contribution in [0, 0.1) is 11.3 Å². The quantitative estimate of drug-likeness (QED) is 0.590. The molecule has 0 N–H and O–H groups in total. The van der Waals surface area contributed by atoms with Gasteiger partial charge in [0.2, 0.25) is 5.91 Å². The van der Waals surface area contributed by atoms with Crippen molar-refractivity contribution in [3.8, 4) is 6.07 Å². The van der Waals surface area contributed by atoms with Gasteiger partial charge in [-0.15, -0.1) is 0 Å². The van der Waals surface area contributed by atoms with Crippen LogP contribution in [0.2, 0.25) is 0 Å². The Kier molecular flexibility index (Phi) is 6.74. The standard InChI is InChI=1S/C14H15BrN2O3/c1-2-20-14(19)8-7-13(18)17(10-9-16)12-6-4-3-5-11(12)15/h3-6H,2,7-8,10H2,1H3. The number of benzene rings is 1. The van der Waals surface area contributed by atoms with E-state index in [1.165, 1.54) is 4.90 Å². The van der Waals surface area contributed by atoms with Gasteiger partial charge in [0, 0.05) is 10.9 Å². The zero-order valence-corrected chi connectivity index (χ0v) is 12.7. The molecule has 0 fully saturated rings. The number of rotatable bonds is 6. The maximum Gasteiger partial charge on any atom is 0.306 e. The predicted molar refractivity (Wildman–Crippen MR) is 78.0 cm³/mol. The van der Waals surface area contributed by atoms with E-state index >= 15 is 0 Å². The largest absolute Gasteiger partial charge is 0.466 e. The third-order valence-electron chi connectivity index (χ3n) is 2.52. The van der Waals surface area contributed by atoms with Crippen molar-refractivity contribution in [1.82, 2.24) is 0 Å². The molecule has 0 aliphatic rings. The molecule has 0 radical (unpaired) electrons. The Balaban J connectivity index is 2.77. The van der Waals surface area contributed by atoms with Gasteiger partial charge in [0.25, 0.3) is 0 Å². The van der Waals surface area contributed by atoms with E-state index in [4.69, 9.17) is 10.00 Å². The Labute approximate surface area is 126 Å². The number of para-hydroxylation sites is 1. The predicted octanol–water partition coefficient (Wildman–Crippen LogP) is 2.65. The number of hydrogen-bond acceptors (Lipinski definition) is 4. The molecule has 1 aromatic rings. The van der Waals surface area contributed by atoms with E-state index in [0.29, 0.717) is 12.3 Å². The van der Waals surface area contributed by atoms with E-state index in [2.05, 4.69) is 15.9 Å². The maximum atomic E-state index is 12.1. The van der Waals surface area contributed by atoms with E-state index in [0.717, 1.165) is 4.47 Å². The Morgan fingerprint density at radius 1 is 1.35 bits per heavy atom. The fraction of sp³-hybridized carbons (Fsp3) is 0.357. The summed E-state index contributed by atoms with van der Waals surface area (Å²) in [5, 5.41) is 8.85. The molecule has 0 spiro atoms.